The number of amides is 1. The SMILES string of the molecule is Cc1nc(CN2CCCN(C(=O)CC34CC5CC(CC(C5)C3)C4)CC2)cs1. The van der Waals surface area contributed by atoms with Crippen LogP contribution in [0.15, 0.2) is 5.38 Å². The number of carbonyl (C=O) groups is 1. The predicted octanol–water partition coefficient (Wildman–Crippen LogP) is 4.09. The number of aryl methyl sites for hydroxylation is 1. The quantitative estimate of drug-likeness (QED) is 0.781. The van der Waals surface area contributed by atoms with Crippen LogP contribution in [0.2, 0.25) is 0 Å². The Hall–Kier alpha value is -0.940. The van der Waals surface area contributed by atoms with E-state index in [9.17, 15) is 4.79 Å². The molecule has 2 heterocycles. The molecular weight excluding hydrogens is 354 g/mol. The molecule has 5 aliphatic rings. The third-order valence-corrected chi connectivity index (χ3v) is 8.51. The number of nitrogens with zero attached hydrogens (tertiary/aromatic N) is 3. The van der Waals surface area contributed by atoms with Crippen LogP contribution in [0, 0.1) is 30.1 Å². The van der Waals surface area contributed by atoms with E-state index < -0.39 is 0 Å². The largest absolute Gasteiger partial charge is 0.341 e. The molecule has 4 aliphatic carbocycles. The van der Waals surface area contributed by atoms with E-state index in [0.29, 0.717) is 11.3 Å². The van der Waals surface area contributed by atoms with Crippen molar-refractivity contribution in [2.24, 2.45) is 23.2 Å². The van der Waals surface area contributed by atoms with Crippen LogP contribution in [0.1, 0.15) is 62.1 Å². The van der Waals surface area contributed by atoms with E-state index in [0.717, 1.165) is 68.3 Å². The van der Waals surface area contributed by atoms with E-state index in [2.05, 4.69) is 27.1 Å². The number of rotatable bonds is 4. The summed E-state index contributed by atoms with van der Waals surface area (Å²) >= 11 is 1.73. The summed E-state index contributed by atoms with van der Waals surface area (Å²) in [5.74, 6) is 3.25. The van der Waals surface area contributed by atoms with E-state index in [4.69, 9.17) is 0 Å². The van der Waals surface area contributed by atoms with Crippen LogP contribution >= 0.6 is 11.3 Å². The number of hydrogen-bond donors (Lipinski definition) is 0. The van der Waals surface area contributed by atoms with Gasteiger partial charge in [0.25, 0.3) is 0 Å². The summed E-state index contributed by atoms with van der Waals surface area (Å²) in [5.41, 5.74) is 1.56. The van der Waals surface area contributed by atoms with Crippen LogP contribution in [0.4, 0.5) is 0 Å². The maximum absolute atomic E-state index is 13.2. The Morgan fingerprint density at radius 3 is 2.44 bits per heavy atom. The van der Waals surface area contributed by atoms with Crippen molar-refractivity contribution in [3.63, 3.8) is 0 Å². The van der Waals surface area contributed by atoms with Crippen molar-refractivity contribution < 1.29 is 4.79 Å². The van der Waals surface area contributed by atoms with Crippen LogP contribution in [0.3, 0.4) is 0 Å². The molecule has 5 heteroatoms. The third-order valence-electron chi connectivity index (χ3n) is 7.68. The van der Waals surface area contributed by atoms with Crippen molar-refractivity contribution in [1.82, 2.24) is 14.8 Å². The Morgan fingerprint density at radius 2 is 1.81 bits per heavy atom. The summed E-state index contributed by atoms with van der Waals surface area (Å²) < 4.78 is 0. The lowest BCUT2D eigenvalue weighted by Gasteiger charge is -2.57. The van der Waals surface area contributed by atoms with Crippen molar-refractivity contribution in [1.29, 1.82) is 0 Å². The fourth-order valence-electron chi connectivity index (χ4n) is 7.03. The van der Waals surface area contributed by atoms with Gasteiger partial charge >= 0.3 is 0 Å². The van der Waals surface area contributed by atoms with Gasteiger partial charge in [-0.3, -0.25) is 9.69 Å². The average molecular weight is 388 g/mol. The van der Waals surface area contributed by atoms with Crippen molar-refractivity contribution in [3.8, 4) is 0 Å². The highest BCUT2D eigenvalue weighted by atomic mass is 32.1. The molecule has 0 unspecified atom stereocenters. The molecule has 148 valence electrons. The van der Waals surface area contributed by atoms with Crippen molar-refractivity contribution >= 4 is 17.2 Å². The molecule has 1 saturated heterocycles. The number of hydrogen-bond acceptors (Lipinski definition) is 4. The molecule has 0 N–H and O–H groups in total. The highest BCUT2D eigenvalue weighted by Gasteiger charge is 2.51. The summed E-state index contributed by atoms with van der Waals surface area (Å²) in [6.45, 7) is 6.91. The maximum Gasteiger partial charge on any atom is 0.223 e. The molecule has 4 saturated carbocycles. The molecule has 5 fully saturated rings. The van der Waals surface area contributed by atoms with E-state index in [-0.39, 0.29) is 0 Å². The molecule has 0 aromatic carbocycles. The van der Waals surface area contributed by atoms with Crippen LogP contribution in [0.25, 0.3) is 0 Å². The summed E-state index contributed by atoms with van der Waals surface area (Å²) in [7, 11) is 0. The molecule has 27 heavy (non-hydrogen) atoms. The smallest absolute Gasteiger partial charge is 0.223 e. The van der Waals surface area contributed by atoms with Gasteiger partial charge in [0.05, 0.1) is 10.7 Å². The maximum atomic E-state index is 13.2. The average Bonchev–Trinajstić information content (AvgIpc) is 2.86. The molecule has 0 atom stereocenters. The van der Waals surface area contributed by atoms with Crippen molar-refractivity contribution in [3.05, 3.63) is 16.1 Å². The molecule has 1 aromatic heterocycles. The first kappa shape index (κ1) is 18.1. The molecular formula is C22H33N3OS. The predicted molar refractivity (Wildman–Crippen MR) is 109 cm³/mol. The minimum absolute atomic E-state index is 0.371. The second-order valence-electron chi connectivity index (χ2n) is 9.96. The monoisotopic (exact) mass is 387 g/mol. The molecule has 0 spiro atoms. The number of aromatic nitrogens is 1. The van der Waals surface area contributed by atoms with Crippen molar-refractivity contribution in [2.75, 3.05) is 26.2 Å². The summed E-state index contributed by atoms with van der Waals surface area (Å²) in [6, 6.07) is 0. The number of carbonyl (C=O) groups excluding carboxylic acids is 1. The molecule has 0 radical (unpaired) electrons. The van der Waals surface area contributed by atoms with Crippen molar-refractivity contribution in [2.45, 2.75) is 64.8 Å². The van der Waals surface area contributed by atoms with Crippen LogP contribution in [-0.2, 0) is 11.3 Å². The first-order valence-electron chi connectivity index (χ1n) is 11.0. The Labute approximate surface area is 167 Å². The second-order valence-corrected chi connectivity index (χ2v) is 11.0. The first-order valence-corrected chi connectivity index (χ1v) is 11.9. The van der Waals surface area contributed by atoms with E-state index in [1.165, 1.54) is 44.2 Å². The Morgan fingerprint density at radius 1 is 1.11 bits per heavy atom. The molecule has 1 aromatic rings. The van der Waals surface area contributed by atoms with Gasteiger partial charge in [-0.25, -0.2) is 4.98 Å². The van der Waals surface area contributed by atoms with Gasteiger partial charge in [-0.15, -0.1) is 11.3 Å². The van der Waals surface area contributed by atoms with Gasteiger partial charge in [-0.1, -0.05) is 0 Å². The normalized spacial score (nSPS) is 36.2. The molecule has 6 rings (SSSR count). The number of thiazole rings is 1. The second kappa shape index (κ2) is 7.14. The fraction of sp³-hybridized carbons (Fsp3) is 0.818. The van der Waals surface area contributed by atoms with Gasteiger partial charge in [0.1, 0.15) is 0 Å². The lowest BCUT2D eigenvalue weighted by molar-refractivity contribution is -0.139. The van der Waals surface area contributed by atoms with Gasteiger partial charge in [0.15, 0.2) is 0 Å². The molecule has 1 amide bonds. The standard InChI is InChI=1S/C22H33N3OS/c1-16-23-20(15-27-16)14-24-3-2-4-25(6-5-24)21(26)13-22-10-17-7-18(11-22)9-19(8-17)12-22/h15,17-19H,2-14H2,1H3. The first-order chi connectivity index (χ1) is 13.1. The van der Waals surface area contributed by atoms with Crippen LogP contribution < -0.4 is 0 Å². The lowest BCUT2D eigenvalue weighted by Crippen LogP contribution is -2.48. The molecule has 4 nitrogen and oxygen atoms in total. The van der Waals surface area contributed by atoms with Crippen LogP contribution in [-0.4, -0.2) is 46.9 Å². The minimum atomic E-state index is 0.371. The van der Waals surface area contributed by atoms with Crippen LogP contribution in [0.5, 0.6) is 0 Å². The minimum Gasteiger partial charge on any atom is -0.341 e. The van der Waals surface area contributed by atoms with Gasteiger partial charge < -0.3 is 4.90 Å². The Balaban J connectivity index is 1.18. The summed E-state index contributed by atoms with van der Waals surface area (Å²) in [5, 5.41) is 3.32. The van der Waals surface area contributed by atoms with Gasteiger partial charge in [-0.05, 0) is 75.0 Å². The lowest BCUT2D eigenvalue weighted by atomic mass is 9.49. The zero-order valence-corrected chi connectivity index (χ0v) is 17.5. The van der Waals surface area contributed by atoms with Gasteiger partial charge in [0, 0.05) is 44.5 Å². The van der Waals surface area contributed by atoms with E-state index in [1.54, 1.807) is 11.3 Å². The third kappa shape index (κ3) is 3.82. The summed E-state index contributed by atoms with van der Waals surface area (Å²) in [6.07, 6.45) is 10.3. The fourth-order valence-corrected chi connectivity index (χ4v) is 7.63. The zero-order valence-electron chi connectivity index (χ0n) is 16.7. The highest BCUT2D eigenvalue weighted by molar-refractivity contribution is 7.09. The zero-order chi connectivity index (χ0) is 18.4. The summed E-state index contributed by atoms with van der Waals surface area (Å²) in [4.78, 5) is 22.5. The topological polar surface area (TPSA) is 36.4 Å². The molecule has 1 aliphatic heterocycles. The molecule has 4 bridgehead atoms. The van der Waals surface area contributed by atoms with E-state index >= 15 is 0 Å². The van der Waals surface area contributed by atoms with E-state index in [1.807, 2.05) is 0 Å². The van der Waals surface area contributed by atoms with Gasteiger partial charge in [-0.2, -0.15) is 0 Å². The Bertz CT molecular complexity index is 664. The highest BCUT2D eigenvalue weighted by Crippen LogP contribution is 2.61. The Kier molecular flexibility index (Phi) is 4.79. The van der Waals surface area contributed by atoms with Gasteiger partial charge in [0.2, 0.25) is 5.91 Å².